The summed E-state index contributed by atoms with van der Waals surface area (Å²) in [6, 6.07) is 17.7. The number of hydrogen-bond donors (Lipinski definition) is 2. The number of amides is 1. The maximum absolute atomic E-state index is 13.6. The van der Waals surface area contributed by atoms with Crippen molar-refractivity contribution in [2.45, 2.75) is 12.8 Å². The van der Waals surface area contributed by atoms with E-state index in [1.54, 1.807) is 30.5 Å². The molecule has 1 aromatic heterocycles. The van der Waals surface area contributed by atoms with Gasteiger partial charge in [-0.25, -0.2) is 9.37 Å². The van der Waals surface area contributed by atoms with Gasteiger partial charge in [0.25, 0.3) is 5.91 Å². The van der Waals surface area contributed by atoms with Crippen LogP contribution in [0.25, 0.3) is 0 Å². The Hall–Kier alpha value is -2.92. The lowest BCUT2D eigenvalue weighted by Gasteiger charge is -2.08. The first kappa shape index (κ1) is 19.8. The van der Waals surface area contributed by atoms with E-state index < -0.39 is 0 Å². The number of benzene rings is 2. The van der Waals surface area contributed by atoms with Crippen LogP contribution >= 0.6 is 11.6 Å². The van der Waals surface area contributed by atoms with Gasteiger partial charge in [-0.2, -0.15) is 0 Å². The van der Waals surface area contributed by atoms with Gasteiger partial charge < -0.3 is 10.6 Å². The third-order valence-corrected chi connectivity index (χ3v) is 4.50. The van der Waals surface area contributed by atoms with Gasteiger partial charge in [-0.05, 0) is 54.3 Å². The molecule has 0 saturated heterocycles. The second-order valence-electron chi connectivity index (χ2n) is 6.34. The Morgan fingerprint density at radius 3 is 2.61 bits per heavy atom. The van der Waals surface area contributed by atoms with E-state index in [1.165, 1.54) is 6.07 Å². The Morgan fingerprint density at radius 2 is 1.86 bits per heavy atom. The van der Waals surface area contributed by atoms with Gasteiger partial charge in [0.2, 0.25) is 0 Å². The second kappa shape index (κ2) is 9.85. The summed E-state index contributed by atoms with van der Waals surface area (Å²) in [5, 5.41) is 6.72. The van der Waals surface area contributed by atoms with Crippen LogP contribution in [-0.4, -0.2) is 24.0 Å². The van der Waals surface area contributed by atoms with E-state index in [-0.39, 0.29) is 11.7 Å². The fourth-order valence-electron chi connectivity index (χ4n) is 2.78. The van der Waals surface area contributed by atoms with Crippen LogP contribution < -0.4 is 10.6 Å². The van der Waals surface area contributed by atoms with Crippen molar-refractivity contribution < 1.29 is 9.18 Å². The zero-order valence-electron chi connectivity index (χ0n) is 15.3. The average molecular weight is 398 g/mol. The highest BCUT2D eigenvalue weighted by Crippen LogP contribution is 2.11. The lowest BCUT2D eigenvalue weighted by Crippen LogP contribution is -2.26. The summed E-state index contributed by atoms with van der Waals surface area (Å²) >= 11 is 5.95. The summed E-state index contributed by atoms with van der Waals surface area (Å²) < 4.78 is 13.6. The first-order valence-corrected chi connectivity index (χ1v) is 9.45. The summed E-state index contributed by atoms with van der Waals surface area (Å²) in [5.74, 6) is -0.424. The maximum atomic E-state index is 13.6. The van der Waals surface area contributed by atoms with Crippen molar-refractivity contribution in [2.75, 3.05) is 18.4 Å². The molecule has 0 unspecified atom stereocenters. The van der Waals surface area contributed by atoms with Crippen LogP contribution in [0.1, 0.15) is 21.6 Å². The minimum absolute atomic E-state index is 0.202. The van der Waals surface area contributed by atoms with E-state index in [2.05, 4.69) is 15.6 Å². The molecule has 0 spiro atoms. The zero-order chi connectivity index (χ0) is 19.8. The van der Waals surface area contributed by atoms with Crippen LogP contribution in [0.3, 0.4) is 0 Å². The van der Waals surface area contributed by atoms with Crippen molar-refractivity contribution in [1.29, 1.82) is 0 Å². The number of carbonyl (C=O) groups excluding carboxylic acids is 1. The molecule has 0 bridgehead atoms. The van der Waals surface area contributed by atoms with Gasteiger partial charge in [0.15, 0.2) is 0 Å². The molecule has 144 valence electrons. The van der Waals surface area contributed by atoms with Gasteiger partial charge in [-0.15, -0.1) is 0 Å². The number of nitrogens with zero attached hydrogens (tertiary/aromatic N) is 1. The molecule has 0 aliphatic heterocycles. The molecule has 6 heteroatoms. The monoisotopic (exact) mass is 397 g/mol. The number of nitrogens with one attached hydrogen (secondary N) is 2. The van der Waals surface area contributed by atoms with Crippen LogP contribution in [0.2, 0.25) is 5.02 Å². The first-order chi connectivity index (χ1) is 13.6. The molecule has 3 aromatic rings. The minimum Gasteiger partial charge on any atom is -0.383 e. The van der Waals surface area contributed by atoms with Crippen LogP contribution in [0, 0.1) is 5.82 Å². The highest BCUT2D eigenvalue weighted by molar-refractivity contribution is 6.30. The van der Waals surface area contributed by atoms with Crippen LogP contribution in [0.5, 0.6) is 0 Å². The normalized spacial score (nSPS) is 10.5. The van der Waals surface area contributed by atoms with Crippen LogP contribution in [0.15, 0.2) is 66.9 Å². The summed E-state index contributed by atoms with van der Waals surface area (Å²) in [4.78, 5) is 16.4. The number of pyridine rings is 1. The molecule has 0 saturated carbocycles. The Labute approximate surface area is 168 Å². The largest absolute Gasteiger partial charge is 0.383 e. The van der Waals surface area contributed by atoms with E-state index in [4.69, 9.17) is 11.6 Å². The van der Waals surface area contributed by atoms with Gasteiger partial charge in [-0.1, -0.05) is 41.9 Å². The molecular formula is C22H21ClFN3O. The standard InChI is InChI=1S/C22H21ClFN3O/c23-18-6-3-4-16(14-18)10-12-26-22(28)21-9-8-19(15-27-21)25-13-11-17-5-1-2-7-20(17)24/h1-9,14-15,25H,10-13H2,(H,26,28). The summed E-state index contributed by atoms with van der Waals surface area (Å²) in [7, 11) is 0. The maximum Gasteiger partial charge on any atom is 0.269 e. The molecule has 0 fully saturated rings. The van der Waals surface area contributed by atoms with Crippen molar-refractivity contribution in [3.8, 4) is 0 Å². The lowest BCUT2D eigenvalue weighted by molar-refractivity contribution is 0.0949. The quantitative estimate of drug-likeness (QED) is 0.588. The molecule has 0 atom stereocenters. The Morgan fingerprint density at radius 1 is 1.00 bits per heavy atom. The number of rotatable bonds is 8. The van der Waals surface area contributed by atoms with E-state index in [0.29, 0.717) is 42.2 Å². The van der Waals surface area contributed by atoms with Gasteiger partial charge in [0.05, 0.1) is 11.9 Å². The van der Waals surface area contributed by atoms with Crippen molar-refractivity contribution >= 4 is 23.2 Å². The molecule has 4 nitrogen and oxygen atoms in total. The van der Waals surface area contributed by atoms with Crippen LogP contribution in [-0.2, 0) is 12.8 Å². The molecule has 0 aliphatic rings. The van der Waals surface area contributed by atoms with Gasteiger partial charge in [0.1, 0.15) is 11.5 Å². The fourth-order valence-corrected chi connectivity index (χ4v) is 2.99. The molecule has 0 aliphatic carbocycles. The number of halogens is 2. The number of aromatic nitrogens is 1. The topological polar surface area (TPSA) is 54.0 Å². The Balaban J connectivity index is 1.44. The predicted molar refractivity (Wildman–Crippen MR) is 110 cm³/mol. The van der Waals surface area contributed by atoms with Gasteiger partial charge in [0, 0.05) is 18.1 Å². The summed E-state index contributed by atoms with van der Waals surface area (Å²) in [6.07, 6.45) is 2.87. The van der Waals surface area contributed by atoms with Crippen molar-refractivity contribution in [3.05, 3.63) is 94.5 Å². The van der Waals surface area contributed by atoms with E-state index in [0.717, 1.165) is 11.3 Å². The minimum atomic E-state index is -0.222. The molecular weight excluding hydrogens is 377 g/mol. The van der Waals surface area contributed by atoms with Crippen molar-refractivity contribution in [2.24, 2.45) is 0 Å². The number of carbonyl (C=O) groups is 1. The summed E-state index contributed by atoms with van der Waals surface area (Å²) in [6.45, 7) is 1.08. The lowest BCUT2D eigenvalue weighted by atomic mass is 10.1. The van der Waals surface area contributed by atoms with Crippen molar-refractivity contribution in [1.82, 2.24) is 10.3 Å². The van der Waals surface area contributed by atoms with E-state index in [1.807, 2.05) is 30.3 Å². The average Bonchev–Trinajstić information content (AvgIpc) is 2.70. The van der Waals surface area contributed by atoms with E-state index in [9.17, 15) is 9.18 Å². The molecule has 1 amide bonds. The number of anilines is 1. The predicted octanol–water partition coefficient (Wildman–Crippen LogP) is 4.50. The molecule has 0 radical (unpaired) electrons. The third kappa shape index (κ3) is 5.79. The molecule has 2 aromatic carbocycles. The SMILES string of the molecule is O=C(NCCc1cccc(Cl)c1)c1ccc(NCCc2ccccc2F)cn1. The van der Waals surface area contributed by atoms with E-state index >= 15 is 0 Å². The molecule has 2 N–H and O–H groups in total. The molecule has 1 heterocycles. The first-order valence-electron chi connectivity index (χ1n) is 9.08. The highest BCUT2D eigenvalue weighted by Gasteiger charge is 2.07. The van der Waals surface area contributed by atoms with Gasteiger partial charge >= 0.3 is 0 Å². The number of hydrogen-bond acceptors (Lipinski definition) is 3. The fraction of sp³-hybridized carbons (Fsp3) is 0.182. The van der Waals surface area contributed by atoms with Crippen LogP contribution in [0.4, 0.5) is 10.1 Å². The Bertz CT molecular complexity index is 931. The summed E-state index contributed by atoms with van der Waals surface area (Å²) in [5.41, 5.74) is 2.87. The third-order valence-electron chi connectivity index (χ3n) is 4.27. The molecule has 3 rings (SSSR count). The van der Waals surface area contributed by atoms with Crippen molar-refractivity contribution in [3.63, 3.8) is 0 Å². The zero-order valence-corrected chi connectivity index (χ0v) is 16.0. The highest BCUT2D eigenvalue weighted by atomic mass is 35.5. The Kier molecular flexibility index (Phi) is 6.98. The van der Waals surface area contributed by atoms with Gasteiger partial charge in [-0.3, -0.25) is 4.79 Å². The smallest absolute Gasteiger partial charge is 0.269 e. The molecule has 28 heavy (non-hydrogen) atoms. The second-order valence-corrected chi connectivity index (χ2v) is 6.77.